The van der Waals surface area contributed by atoms with E-state index in [4.69, 9.17) is 9.47 Å². The van der Waals surface area contributed by atoms with Crippen LogP contribution in [0.1, 0.15) is 37.4 Å². The Morgan fingerprint density at radius 3 is 2.76 bits per heavy atom. The van der Waals surface area contributed by atoms with E-state index in [1.54, 1.807) is 7.11 Å². The van der Waals surface area contributed by atoms with Gasteiger partial charge in [-0.3, -0.25) is 4.21 Å². The molecule has 0 saturated heterocycles. The zero-order valence-electron chi connectivity index (χ0n) is 13.5. The topological polar surface area (TPSA) is 47.6 Å². The summed E-state index contributed by atoms with van der Waals surface area (Å²) in [5.74, 6) is 2.03. The summed E-state index contributed by atoms with van der Waals surface area (Å²) >= 11 is 0. The number of hydrogen-bond acceptors (Lipinski definition) is 4. The average Bonchev–Trinajstić information content (AvgIpc) is 2.48. The maximum absolute atomic E-state index is 12.2. The van der Waals surface area contributed by atoms with E-state index in [2.05, 4.69) is 24.4 Å². The lowest BCUT2D eigenvalue weighted by molar-refractivity contribution is 0.200. The molecule has 2 unspecified atom stereocenters. The fraction of sp³-hybridized carbons (Fsp3) is 0.625. The van der Waals surface area contributed by atoms with Gasteiger partial charge in [0, 0.05) is 41.9 Å². The SMILES string of the molecule is CCOc1ccc(C(C)NC)cc1CS(=O)CCCOC. The van der Waals surface area contributed by atoms with Crippen molar-refractivity contribution in [2.24, 2.45) is 0 Å². The molecule has 0 aliphatic heterocycles. The first-order valence-electron chi connectivity index (χ1n) is 7.39. The number of nitrogens with one attached hydrogen (secondary N) is 1. The van der Waals surface area contributed by atoms with Gasteiger partial charge in [-0.1, -0.05) is 6.07 Å². The first-order valence-corrected chi connectivity index (χ1v) is 8.88. The number of methoxy groups -OCH3 is 1. The Morgan fingerprint density at radius 2 is 2.14 bits per heavy atom. The molecule has 5 heteroatoms. The minimum Gasteiger partial charge on any atom is -0.494 e. The molecule has 0 saturated carbocycles. The Morgan fingerprint density at radius 1 is 1.38 bits per heavy atom. The molecular formula is C16H27NO3S. The zero-order chi connectivity index (χ0) is 15.7. The molecule has 1 rings (SSSR count). The first-order chi connectivity index (χ1) is 10.1. The highest BCUT2D eigenvalue weighted by molar-refractivity contribution is 7.84. The molecule has 0 fully saturated rings. The van der Waals surface area contributed by atoms with Crippen molar-refractivity contribution in [3.8, 4) is 5.75 Å². The predicted molar refractivity (Wildman–Crippen MR) is 88.3 cm³/mol. The third-order valence-corrected chi connectivity index (χ3v) is 4.73. The summed E-state index contributed by atoms with van der Waals surface area (Å²) in [6.07, 6.45) is 0.819. The van der Waals surface area contributed by atoms with Gasteiger partial charge in [0.05, 0.1) is 12.4 Å². The van der Waals surface area contributed by atoms with Crippen molar-refractivity contribution in [1.82, 2.24) is 5.32 Å². The lowest BCUT2D eigenvalue weighted by Gasteiger charge is -2.15. The molecule has 0 bridgehead atoms. The Bertz CT molecular complexity index is 451. The Balaban J connectivity index is 2.82. The van der Waals surface area contributed by atoms with Crippen molar-refractivity contribution in [2.45, 2.75) is 32.1 Å². The summed E-state index contributed by atoms with van der Waals surface area (Å²) < 4.78 is 22.8. The lowest BCUT2D eigenvalue weighted by atomic mass is 10.1. The van der Waals surface area contributed by atoms with E-state index >= 15 is 0 Å². The molecule has 1 aromatic rings. The highest BCUT2D eigenvalue weighted by Gasteiger charge is 2.11. The summed E-state index contributed by atoms with van der Waals surface area (Å²) in [7, 11) is 2.71. The fourth-order valence-corrected chi connectivity index (χ4v) is 3.21. The van der Waals surface area contributed by atoms with Crippen molar-refractivity contribution in [3.63, 3.8) is 0 Å². The zero-order valence-corrected chi connectivity index (χ0v) is 14.3. The Labute approximate surface area is 130 Å². The van der Waals surface area contributed by atoms with Gasteiger partial charge in [-0.15, -0.1) is 0 Å². The van der Waals surface area contributed by atoms with Gasteiger partial charge in [-0.25, -0.2) is 0 Å². The first kappa shape index (κ1) is 18.1. The Hall–Kier alpha value is -0.910. The number of rotatable bonds is 10. The molecule has 0 spiro atoms. The second kappa shape index (κ2) is 9.92. The highest BCUT2D eigenvalue weighted by Crippen LogP contribution is 2.25. The molecule has 21 heavy (non-hydrogen) atoms. The maximum Gasteiger partial charge on any atom is 0.123 e. The van der Waals surface area contributed by atoms with Gasteiger partial charge >= 0.3 is 0 Å². The smallest absolute Gasteiger partial charge is 0.123 e. The summed E-state index contributed by atoms with van der Waals surface area (Å²) in [6, 6.07) is 6.40. The normalized spacial score (nSPS) is 13.9. The molecule has 0 aliphatic carbocycles. The van der Waals surface area contributed by atoms with Gasteiger partial charge in [-0.2, -0.15) is 0 Å². The van der Waals surface area contributed by atoms with Crippen LogP contribution in [0.3, 0.4) is 0 Å². The van der Waals surface area contributed by atoms with Crippen LogP contribution in [0.4, 0.5) is 0 Å². The maximum atomic E-state index is 12.2. The van der Waals surface area contributed by atoms with Crippen molar-refractivity contribution >= 4 is 10.8 Å². The largest absolute Gasteiger partial charge is 0.494 e. The molecule has 0 radical (unpaired) electrons. The second-order valence-corrected chi connectivity index (χ2v) is 6.52. The van der Waals surface area contributed by atoms with Gasteiger partial charge in [0.1, 0.15) is 5.75 Å². The summed E-state index contributed by atoms with van der Waals surface area (Å²) in [6.45, 7) is 5.34. The third kappa shape index (κ3) is 6.16. The molecule has 2 atom stereocenters. The molecule has 0 aliphatic rings. The summed E-state index contributed by atoms with van der Waals surface area (Å²) in [4.78, 5) is 0. The van der Waals surface area contributed by atoms with E-state index in [1.807, 2.05) is 20.0 Å². The van der Waals surface area contributed by atoms with Crippen molar-refractivity contribution < 1.29 is 13.7 Å². The van der Waals surface area contributed by atoms with Crippen LogP contribution < -0.4 is 10.1 Å². The van der Waals surface area contributed by atoms with E-state index < -0.39 is 10.8 Å². The van der Waals surface area contributed by atoms with E-state index in [-0.39, 0.29) is 6.04 Å². The lowest BCUT2D eigenvalue weighted by Crippen LogP contribution is -2.13. The van der Waals surface area contributed by atoms with Crippen LogP contribution in [-0.2, 0) is 21.3 Å². The molecule has 1 N–H and O–H groups in total. The van der Waals surface area contributed by atoms with Gasteiger partial charge in [-0.05, 0) is 45.0 Å². The quantitative estimate of drug-likeness (QED) is 0.675. The molecule has 1 aromatic carbocycles. The van der Waals surface area contributed by atoms with Crippen LogP contribution in [0.2, 0.25) is 0 Å². The second-order valence-electron chi connectivity index (χ2n) is 4.95. The molecule has 0 heterocycles. The van der Waals surface area contributed by atoms with Crippen LogP contribution in [0, 0.1) is 0 Å². The number of ether oxygens (including phenoxy) is 2. The summed E-state index contributed by atoms with van der Waals surface area (Å²) in [5.41, 5.74) is 2.21. The van der Waals surface area contributed by atoms with E-state index in [0.717, 1.165) is 17.7 Å². The molecule has 0 aromatic heterocycles. The standard InChI is InChI=1S/C16H27NO3S/c1-5-20-16-8-7-14(13(2)17-3)11-15(16)12-21(18)10-6-9-19-4/h7-8,11,13,17H,5-6,9-10,12H2,1-4H3. The minimum absolute atomic E-state index is 0.265. The Kier molecular flexibility index (Phi) is 8.57. The summed E-state index contributed by atoms with van der Waals surface area (Å²) in [5, 5.41) is 3.22. The third-order valence-electron chi connectivity index (χ3n) is 3.35. The molecule has 0 amide bonds. The van der Waals surface area contributed by atoms with Crippen molar-refractivity contribution in [3.05, 3.63) is 29.3 Å². The van der Waals surface area contributed by atoms with Crippen LogP contribution in [0.25, 0.3) is 0 Å². The van der Waals surface area contributed by atoms with Gasteiger partial charge < -0.3 is 14.8 Å². The predicted octanol–water partition coefficient (Wildman–Crippen LogP) is 2.65. The number of hydrogen-bond donors (Lipinski definition) is 1. The van der Waals surface area contributed by atoms with Crippen LogP contribution >= 0.6 is 0 Å². The fourth-order valence-electron chi connectivity index (χ4n) is 2.05. The molecule has 4 nitrogen and oxygen atoms in total. The van der Waals surface area contributed by atoms with Crippen molar-refractivity contribution in [1.29, 1.82) is 0 Å². The van der Waals surface area contributed by atoms with Gasteiger partial charge in [0.15, 0.2) is 0 Å². The van der Waals surface area contributed by atoms with E-state index in [1.165, 1.54) is 5.56 Å². The molecule has 120 valence electrons. The highest BCUT2D eigenvalue weighted by atomic mass is 32.2. The van der Waals surface area contributed by atoms with Crippen LogP contribution in [-0.4, -0.2) is 37.3 Å². The minimum atomic E-state index is -0.890. The number of benzene rings is 1. The van der Waals surface area contributed by atoms with Crippen molar-refractivity contribution in [2.75, 3.05) is 33.1 Å². The van der Waals surface area contributed by atoms with E-state index in [0.29, 0.717) is 24.7 Å². The van der Waals surface area contributed by atoms with Crippen LogP contribution in [0.15, 0.2) is 18.2 Å². The van der Waals surface area contributed by atoms with Crippen LogP contribution in [0.5, 0.6) is 5.75 Å². The average molecular weight is 313 g/mol. The molecular weight excluding hydrogens is 286 g/mol. The van der Waals surface area contributed by atoms with Gasteiger partial charge in [0.25, 0.3) is 0 Å². The monoisotopic (exact) mass is 313 g/mol. The van der Waals surface area contributed by atoms with E-state index in [9.17, 15) is 4.21 Å². The van der Waals surface area contributed by atoms with Gasteiger partial charge in [0.2, 0.25) is 0 Å².